The minimum absolute atomic E-state index is 0.00807. The fourth-order valence-corrected chi connectivity index (χ4v) is 10.1. The number of hydrogen-bond acceptors (Lipinski definition) is 6. The van der Waals surface area contributed by atoms with Crippen LogP contribution in [0.2, 0.25) is 0 Å². The molecule has 0 aromatic heterocycles. The molecule has 0 aromatic carbocycles. The van der Waals surface area contributed by atoms with Crippen molar-refractivity contribution >= 4 is 13.7 Å². The van der Waals surface area contributed by atoms with Gasteiger partial charge in [0.2, 0.25) is 5.91 Å². The van der Waals surface area contributed by atoms with Gasteiger partial charge in [0.15, 0.2) is 0 Å². The van der Waals surface area contributed by atoms with Crippen molar-refractivity contribution in [2.75, 3.05) is 40.9 Å². The summed E-state index contributed by atoms with van der Waals surface area (Å²) in [6, 6.07) is -0.908. The third kappa shape index (κ3) is 59.6. The zero-order valence-corrected chi connectivity index (χ0v) is 51.6. The Bertz CT molecular complexity index is 1470. The maximum absolute atomic E-state index is 13.0. The van der Waals surface area contributed by atoms with Gasteiger partial charge >= 0.3 is 0 Å². The lowest BCUT2D eigenvalue weighted by atomic mass is 10.0. The van der Waals surface area contributed by atoms with Gasteiger partial charge in [0.25, 0.3) is 7.82 Å². The van der Waals surface area contributed by atoms with Crippen molar-refractivity contribution in [2.45, 2.75) is 309 Å². The monoisotopic (exact) mass is 1080 g/mol. The third-order valence-electron chi connectivity index (χ3n) is 14.4. The predicted molar refractivity (Wildman–Crippen MR) is 330 cm³/mol. The third-order valence-corrected chi connectivity index (χ3v) is 15.4. The van der Waals surface area contributed by atoms with E-state index < -0.39 is 26.6 Å². The molecular weight excluding hydrogens is 960 g/mol. The van der Waals surface area contributed by atoms with E-state index in [1.165, 1.54) is 212 Å². The molecule has 444 valence electrons. The van der Waals surface area contributed by atoms with Crippen LogP contribution in [0.1, 0.15) is 296 Å². The van der Waals surface area contributed by atoms with E-state index in [1.807, 2.05) is 27.2 Å². The van der Waals surface area contributed by atoms with Crippen molar-refractivity contribution in [3.8, 4) is 0 Å². The minimum atomic E-state index is -4.61. The lowest BCUT2D eigenvalue weighted by Gasteiger charge is -2.29. The van der Waals surface area contributed by atoms with Gasteiger partial charge in [-0.2, -0.15) is 0 Å². The molecule has 0 aromatic rings. The van der Waals surface area contributed by atoms with Gasteiger partial charge in [0.1, 0.15) is 13.2 Å². The van der Waals surface area contributed by atoms with Crippen LogP contribution in [-0.4, -0.2) is 68.5 Å². The Morgan fingerprint density at radius 1 is 0.474 bits per heavy atom. The second kappa shape index (κ2) is 57.6. The normalized spacial score (nSPS) is 14.2. The number of nitrogens with one attached hydrogen (secondary N) is 1. The molecule has 2 N–H and O–H groups in total. The largest absolute Gasteiger partial charge is 0.756 e. The molecule has 1 amide bonds. The number of rotatable bonds is 59. The predicted octanol–water partition coefficient (Wildman–Crippen LogP) is 19.6. The number of phosphoric ester groups is 1. The molecule has 8 nitrogen and oxygen atoms in total. The number of carbonyl (C=O) groups excluding carboxylic acids is 1. The fourth-order valence-electron chi connectivity index (χ4n) is 9.40. The number of unbranched alkanes of at least 4 members (excludes halogenated alkanes) is 36. The van der Waals surface area contributed by atoms with Gasteiger partial charge in [-0.25, -0.2) is 0 Å². The van der Waals surface area contributed by atoms with Crippen molar-refractivity contribution in [1.82, 2.24) is 5.32 Å². The molecule has 0 aliphatic carbocycles. The smallest absolute Gasteiger partial charge is 0.268 e. The molecule has 0 bridgehead atoms. The van der Waals surface area contributed by atoms with E-state index in [0.717, 1.165) is 64.2 Å². The van der Waals surface area contributed by atoms with Crippen LogP contribution in [0.25, 0.3) is 0 Å². The molecule has 0 aliphatic heterocycles. The first-order chi connectivity index (χ1) is 37.0. The summed E-state index contributed by atoms with van der Waals surface area (Å²) in [7, 11) is 1.25. The van der Waals surface area contributed by atoms with Crippen molar-refractivity contribution in [1.29, 1.82) is 0 Å². The van der Waals surface area contributed by atoms with Crippen LogP contribution in [0, 0.1) is 0 Å². The zero-order chi connectivity index (χ0) is 55.6. The molecule has 0 saturated carbocycles. The van der Waals surface area contributed by atoms with E-state index in [-0.39, 0.29) is 12.5 Å². The van der Waals surface area contributed by atoms with Crippen LogP contribution < -0.4 is 10.2 Å². The van der Waals surface area contributed by atoms with E-state index in [0.29, 0.717) is 17.4 Å². The Morgan fingerprint density at radius 3 is 1.22 bits per heavy atom. The Morgan fingerprint density at radius 2 is 0.816 bits per heavy atom. The van der Waals surface area contributed by atoms with Crippen LogP contribution in [0.4, 0.5) is 0 Å². The summed E-state index contributed by atoms with van der Waals surface area (Å²) in [6.45, 7) is 4.55. The summed E-state index contributed by atoms with van der Waals surface area (Å²) < 4.78 is 23.4. The van der Waals surface area contributed by atoms with Crippen LogP contribution in [0.5, 0.6) is 0 Å². The minimum Gasteiger partial charge on any atom is -0.756 e. The molecule has 3 atom stereocenters. The number of likely N-dealkylation sites (N-methyl/N-ethyl adjacent to an activating group) is 1. The van der Waals surface area contributed by atoms with Gasteiger partial charge in [-0.15, -0.1) is 0 Å². The Hall–Kier alpha value is -2.06. The molecule has 0 rings (SSSR count). The van der Waals surface area contributed by atoms with Crippen molar-refractivity contribution in [3.05, 3.63) is 72.9 Å². The van der Waals surface area contributed by atoms with Gasteiger partial charge in [-0.1, -0.05) is 292 Å². The summed E-state index contributed by atoms with van der Waals surface area (Å²) in [4.78, 5) is 25.6. The quantitative estimate of drug-likeness (QED) is 0.0272. The van der Waals surface area contributed by atoms with Crippen LogP contribution in [0.15, 0.2) is 72.9 Å². The van der Waals surface area contributed by atoms with E-state index >= 15 is 0 Å². The van der Waals surface area contributed by atoms with Crippen molar-refractivity contribution in [2.24, 2.45) is 0 Å². The molecule has 0 aliphatic rings. The Balaban J connectivity index is 4.17. The second-order valence-electron chi connectivity index (χ2n) is 23.1. The lowest BCUT2D eigenvalue weighted by Crippen LogP contribution is -2.45. The lowest BCUT2D eigenvalue weighted by molar-refractivity contribution is -0.870. The van der Waals surface area contributed by atoms with Crippen LogP contribution in [0.3, 0.4) is 0 Å². The van der Waals surface area contributed by atoms with Crippen molar-refractivity contribution in [3.63, 3.8) is 0 Å². The van der Waals surface area contributed by atoms with E-state index in [9.17, 15) is 19.4 Å². The molecular formula is C67H125N2O6P. The number of allylic oxidation sites excluding steroid dienone is 11. The maximum Gasteiger partial charge on any atom is 0.268 e. The summed E-state index contributed by atoms with van der Waals surface area (Å²) in [6.07, 6.45) is 80.1. The SMILES string of the molecule is CC/C=C\C/C=C\C/C=C\C/C=C\CCCCCCCCCCCCCCCCC(=O)NC(COP(=O)([O-])OCC[N+](C)(C)C)C(O)/C=C/CC/C=C/CCCCCCCCCCCCCCCCCCCCCCC. The summed E-state index contributed by atoms with van der Waals surface area (Å²) >= 11 is 0. The molecule has 0 saturated heterocycles. The zero-order valence-electron chi connectivity index (χ0n) is 50.7. The number of aliphatic hydroxyl groups excluding tert-OH is 1. The highest BCUT2D eigenvalue weighted by Gasteiger charge is 2.23. The van der Waals surface area contributed by atoms with Crippen molar-refractivity contribution < 1.29 is 32.9 Å². The number of phosphoric acid groups is 1. The van der Waals surface area contributed by atoms with Crippen LogP contribution >= 0.6 is 7.82 Å². The molecule has 3 unspecified atom stereocenters. The fraction of sp³-hybridized carbons (Fsp3) is 0.806. The van der Waals surface area contributed by atoms with Gasteiger partial charge in [-0.3, -0.25) is 9.36 Å². The molecule has 0 heterocycles. The highest BCUT2D eigenvalue weighted by atomic mass is 31.2. The number of carbonyl (C=O) groups is 1. The number of aliphatic hydroxyl groups is 1. The molecule has 76 heavy (non-hydrogen) atoms. The molecule has 9 heteroatoms. The summed E-state index contributed by atoms with van der Waals surface area (Å²) in [5.41, 5.74) is 0. The highest BCUT2D eigenvalue weighted by molar-refractivity contribution is 7.45. The van der Waals surface area contributed by atoms with Gasteiger partial charge in [0, 0.05) is 6.42 Å². The number of nitrogens with zero attached hydrogens (tertiary/aromatic N) is 1. The van der Waals surface area contributed by atoms with E-state index in [4.69, 9.17) is 9.05 Å². The Kier molecular flexibility index (Phi) is 56.1. The first-order valence-electron chi connectivity index (χ1n) is 32.3. The maximum atomic E-state index is 13.0. The molecule has 0 spiro atoms. The van der Waals surface area contributed by atoms with Gasteiger partial charge < -0.3 is 28.8 Å². The summed E-state index contributed by atoms with van der Waals surface area (Å²) in [5, 5.41) is 13.9. The topological polar surface area (TPSA) is 108 Å². The van der Waals surface area contributed by atoms with Gasteiger partial charge in [0.05, 0.1) is 39.9 Å². The van der Waals surface area contributed by atoms with E-state index in [1.54, 1.807) is 6.08 Å². The highest BCUT2D eigenvalue weighted by Crippen LogP contribution is 2.38. The number of quaternary nitrogens is 1. The first-order valence-corrected chi connectivity index (χ1v) is 33.8. The van der Waals surface area contributed by atoms with Gasteiger partial charge in [-0.05, 0) is 70.6 Å². The average Bonchev–Trinajstić information content (AvgIpc) is 3.38. The molecule has 0 fully saturated rings. The van der Waals surface area contributed by atoms with Crippen LogP contribution in [-0.2, 0) is 18.4 Å². The number of hydrogen-bond donors (Lipinski definition) is 2. The second-order valence-corrected chi connectivity index (χ2v) is 24.5. The number of amides is 1. The average molecular weight is 1090 g/mol. The van der Waals surface area contributed by atoms with E-state index in [2.05, 4.69) is 79.9 Å². The standard InChI is InChI=1S/C67H125N2O6P/c1-6-8-10-12-14-16-18-20-22-24-26-28-30-32-34-36-38-40-42-44-46-48-50-52-54-56-58-60-66(70)65(64-75-76(72,73)74-63-62-69(3,4)5)68-67(71)61-59-57-55-53-51-49-47-45-43-41-39-37-35-33-31-29-27-25-23-21-19-17-15-13-11-9-7-2/h9,11,15,17,21,23,27,29,50,52,58,60,65-66,70H,6-8,10,12-14,16,18-20,22,24-26,28,30-49,51,53-57,59,61-64H2,1-5H3,(H-,68,71,72,73)/b11-9-,17-15-,23-21-,29-27-,52-50+,60-58+. The summed E-state index contributed by atoms with van der Waals surface area (Å²) in [5.74, 6) is -0.207. The Labute approximate surface area is 472 Å². The molecule has 0 radical (unpaired) electrons. The first kappa shape index (κ1) is 73.9.